The Morgan fingerprint density at radius 3 is 2.69 bits per heavy atom. The maximum Gasteiger partial charge on any atom is 0.455 e. The molecule has 1 aromatic heterocycles. The number of carbonyl (C=O) groups is 1. The van der Waals surface area contributed by atoms with Gasteiger partial charge in [0.2, 0.25) is 5.89 Å². The number of β-amino-alcohol motifs (C(OH)–C–C–N with tert-alkyl or cyclic N) is 1. The summed E-state index contributed by atoms with van der Waals surface area (Å²) in [7, 11) is 0. The molecule has 26 heavy (non-hydrogen) atoms. The largest absolute Gasteiger partial charge is 0.455 e. The van der Waals surface area contributed by atoms with E-state index in [0.29, 0.717) is 18.5 Å². The molecular formula is C16H17F3N4O3. The number of aromatic nitrogens is 2. The number of carbonyl (C=O) groups excluding carboxylic acids is 1. The number of hydrogen-bond donors (Lipinski definition) is 2. The van der Waals surface area contributed by atoms with Gasteiger partial charge in [0, 0.05) is 18.7 Å². The summed E-state index contributed by atoms with van der Waals surface area (Å²) >= 11 is 0. The molecule has 0 bridgehead atoms. The first-order valence-electron chi connectivity index (χ1n) is 7.99. The molecular weight excluding hydrogens is 353 g/mol. The fourth-order valence-electron chi connectivity index (χ4n) is 2.78. The molecule has 0 saturated carbocycles. The fraction of sp³-hybridized carbons (Fsp3) is 0.438. The van der Waals surface area contributed by atoms with Crippen molar-refractivity contribution in [2.24, 2.45) is 0 Å². The van der Waals surface area contributed by atoms with E-state index < -0.39 is 24.1 Å². The quantitative estimate of drug-likeness (QED) is 0.847. The summed E-state index contributed by atoms with van der Waals surface area (Å²) in [6.45, 7) is 0.628. The molecule has 140 valence electrons. The minimum atomic E-state index is -4.66. The summed E-state index contributed by atoms with van der Waals surface area (Å²) in [5.74, 6) is -1.77. The molecule has 1 aromatic carbocycles. The summed E-state index contributed by atoms with van der Waals surface area (Å²) in [5.41, 5.74) is 0.493. The van der Waals surface area contributed by atoms with Gasteiger partial charge in [-0.15, -0.1) is 0 Å². The molecule has 1 saturated heterocycles. The molecule has 3 rings (SSSR count). The highest BCUT2D eigenvalue weighted by Gasteiger charge is 2.37. The first-order chi connectivity index (χ1) is 12.3. The van der Waals surface area contributed by atoms with Crippen molar-refractivity contribution in [3.8, 4) is 0 Å². The number of rotatable bonds is 4. The number of aliphatic hydroxyl groups is 1. The number of amides is 1. The molecule has 0 unspecified atom stereocenters. The molecule has 1 amide bonds. The van der Waals surface area contributed by atoms with E-state index in [2.05, 4.69) is 20.0 Å². The summed E-state index contributed by atoms with van der Waals surface area (Å²) < 4.78 is 42.0. The number of aliphatic hydroxyl groups excluding tert-OH is 1. The Balaban J connectivity index is 1.53. The minimum Gasteiger partial charge on any atom is -0.390 e. The Bertz CT molecular complexity index is 751. The predicted molar refractivity (Wildman–Crippen MR) is 82.9 cm³/mol. The molecule has 2 atom stereocenters. The Kier molecular flexibility index (Phi) is 5.23. The average molecular weight is 370 g/mol. The van der Waals surface area contributed by atoms with Crippen LogP contribution in [0, 0.1) is 0 Å². The number of nitrogens with zero attached hydrogens (tertiary/aromatic N) is 3. The molecule has 2 heterocycles. The molecule has 0 aliphatic carbocycles. The van der Waals surface area contributed by atoms with Gasteiger partial charge in [-0.1, -0.05) is 23.4 Å². The van der Waals surface area contributed by atoms with Gasteiger partial charge in [0.15, 0.2) is 0 Å². The second-order valence-corrected chi connectivity index (χ2v) is 6.05. The zero-order chi connectivity index (χ0) is 18.7. The van der Waals surface area contributed by atoms with E-state index in [1.807, 2.05) is 0 Å². The second-order valence-electron chi connectivity index (χ2n) is 6.05. The van der Waals surface area contributed by atoms with Crippen LogP contribution in [0.2, 0.25) is 0 Å². The van der Waals surface area contributed by atoms with Crippen LogP contribution in [-0.4, -0.2) is 51.3 Å². The van der Waals surface area contributed by atoms with Crippen molar-refractivity contribution in [2.45, 2.75) is 31.3 Å². The van der Waals surface area contributed by atoms with Crippen LogP contribution in [0.1, 0.15) is 28.5 Å². The van der Waals surface area contributed by atoms with Gasteiger partial charge in [-0.2, -0.15) is 18.2 Å². The van der Waals surface area contributed by atoms with E-state index >= 15 is 0 Å². The maximum absolute atomic E-state index is 12.5. The lowest BCUT2D eigenvalue weighted by Gasteiger charge is -2.35. The number of halogens is 3. The first-order valence-corrected chi connectivity index (χ1v) is 7.99. The topological polar surface area (TPSA) is 91.5 Å². The van der Waals surface area contributed by atoms with E-state index in [9.17, 15) is 23.1 Å². The number of nitrogens with one attached hydrogen (secondary N) is 1. The smallest absolute Gasteiger partial charge is 0.390 e. The summed E-state index contributed by atoms with van der Waals surface area (Å²) in [6, 6.07) is 8.19. The highest BCUT2D eigenvalue weighted by molar-refractivity contribution is 5.94. The minimum absolute atomic E-state index is 0.000504. The summed E-state index contributed by atoms with van der Waals surface area (Å²) in [5, 5.41) is 15.9. The van der Waals surface area contributed by atoms with Crippen LogP contribution in [0.25, 0.3) is 0 Å². The molecule has 0 radical (unpaired) electrons. The van der Waals surface area contributed by atoms with Crippen LogP contribution in [0.15, 0.2) is 34.9 Å². The SMILES string of the molecule is O=C(N[C@@H]1CCN(Cc2nc(C(F)(F)F)no2)C[C@H]1O)c1ccccc1. The number of hydrogen-bond acceptors (Lipinski definition) is 6. The zero-order valence-corrected chi connectivity index (χ0v) is 13.6. The van der Waals surface area contributed by atoms with Crippen LogP contribution in [0.4, 0.5) is 13.2 Å². The van der Waals surface area contributed by atoms with Gasteiger partial charge in [0.05, 0.1) is 18.7 Å². The molecule has 1 aliphatic rings. The van der Waals surface area contributed by atoms with Gasteiger partial charge in [0.25, 0.3) is 11.7 Å². The number of benzene rings is 1. The van der Waals surface area contributed by atoms with Crippen molar-refractivity contribution in [3.63, 3.8) is 0 Å². The van der Waals surface area contributed by atoms with Crippen LogP contribution in [-0.2, 0) is 12.7 Å². The van der Waals surface area contributed by atoms with Gasteiger partial charge in [-0.25, -0.2) is 0 Å². The third-order valence-corrected chi connectivity index (χ3v) is 4.10. The van der Waals surface area contributed by atoms with Crippen LogP contribution < -0.4 is 5.32 Å². The first kappa shape index (κ1) is 18.3. The Morgan fingerprint density at radius 1 is 1.35 bits per heavy atom. The van der Waals surface area contributed by atoms with Gasteiger partial charge in [0.1, 0.15) is 0 Å². The Morgan fingerprint density at radius 2 is 2.08 bits per heavy atom. The van der Waals surface area contributed by atoms with Crippen molar-refractivity contribution < 1.29 is 27.6 Å². The second kappa shape index (κ2) is 7.42. The van der Waals surface area contributed by atoms with Crippen LogP contribution >= 0.6 is 0 Å². The van der Waals surface area contributed by atoms with Crippen LogP contribution in [0.5, 0.6) is 0 Å². The summed E-state index contributed by atoms with van der Waals surface area (Å²) in [4.78, 5) is 17.2. The number of piperidine rings is 1. The predicted octanol–water partition coefficient (Wildman–Crippen LogP) is 1.45. The number of likely N-dealkylation sites (tertiary alicyclic amines) is 1. The van der Waals surface area contributed by atoms with E-state index in [4.69, 9.17) is 0 Å². The van der Waals surface area contributed by atoms with E-state index in [-0.39, 0.29) is 24.9 Å². The van der Waals surface area contributed by atoms with Crippen molar-refractivity contribution >= 4 is 5.91 Å². The lowest BCUT2D eigenvalue weighted by molar-refractivity contribution is -0.146. The van der Waals surface area contributed by atoms with Gasteiger partial charge < -0.3 is 14.9 Å². The molecule has 2 aromatic rings. The Hall–Kier alpha value is -2.46. The average Bonchev–Trinajstić information content (AvgIpc) is 3.07. The lowest BCUT2D eigenvalue weighted by atomic mass is 10.0. The van der Waals surface area contributed by atoms with Crippen LogP contribution in [0.3, 0.4) is 0 Å². The molecule has 7 nitrogen and oxygen atoms in total. The highest BCUT2D eigenvalue weighted by Crippen LogP contribution is 2.26. The highest BCUT2D eigenvalue weighted by atomic mass is 19.4. The normalized spacial score (nSPS) is 21.5. The van der Waals surface area contributed by atoms with E-state index in [1.165, 1.54) is 0 Å². The third kappa shape index (κ3) is 4.38. The zero-order valence-electron chi connectivity index (χ0n) is 13.6. The lowest BCUT2D eigenvalue weighted by Crippen LogP contribution is -2.53. The monoisotopic (exact) mass is 370 g/mol. The Labute approximate surface area is 146 Å². The standard InChI is InChI=1S/C16H17F3N4O3/c17-16(18,19)15-21-13(26-22-15)9-23-7-6-11(12(24)8-23)20-14(25)10-4-2-1-3-5-10/h1-5,11-12,24H,6-9H2,(H,20,25)/t11-,12-/m1/s1. The van der Waals surface area contributed by atoms with Crippen molar-refractivity contribution in [1.29, 1.82) is 0 Å². The summed E-state index contributed by atoms with van der Waals surface area (Å²) in [6.07, 6.45) is -5.07. The maximum atomic E-state index is 12.5. The third-order valence-electron chi connectivity index (χ3n) is 4.10. The van der Waals surface area contributed by atoms with Crippen molar-refractivity contribution in [1.82, 2.24) is 20.4 Å². The van der Waals surface area contributed by atoms with Gasteiger partial charge in [-0.3, -0.25) is 9.69 Å². The van der Waals surface area contributed by atoms with Crippen molar-refractivity contribution in [3.05, 3.63) is 47.6 Å². The number of alkyl halides is 3. The molecule has 2 N–H and O–H groups in total. The van der Waals surface area contributed by atoms with Crippen molar-refractivity contribution in [2.75, 3.05) is 13.1 Å². The fourth-order valence-corrected chi connectivity index (χ4v) is 2.78. The molecule has 10 heteroatoms. The van der Waals surface area contributed by atoms with Gasteiger partial charge >= 0.3 is 6.18 Å². The molecule has 0 spiro atoms. The van der Waals surface area contributed by atoms with E-state index in [1.54, 1.807) is 35.2 Å². The van der Waals surface area contributed by atoms with E-state index in [0.717, 1.165) is 0 Å². The molecule has 1 aliphatic heterocycles. The molecule has 1 fully saturated rings. The van der Waals surface area contributed by atoms with Gasteiger partial charge in [-0.05, 0) is 18.6 Å².